The molecule has 0 saturated heterocycles. The fourth-order valence-corrected chi connectivity index (χ4v) is 0.915. The molecule has 0 aliphatic heterocycles. The van der Waals surface area contributed by atoms with Crippen LogP contribution in [0.5, 0.6) is 0 Å². The molecule has 0 aliphatic carbocycles. The van der Waals surface area contributed by atoms with E-state index < -0.39 is 42.3 Å². The molecule has 21 heavy (non-hydrogen) atoms. The van der Waals surface area contributed by atoms with Crippen molar-refractivity contribution >= 4 is 0 Å². The van der Waals surface area contributed by atoms with E-state index in [0.29, 0.717) is 0 Å². The van der Waals surface area contributed by atoms with Crippen molar-refractivity contribution in [3.05, 3.63) is 0 Å². The second kappa shape index (κ2) is 5.07. The van der Waals surface area contributed by atoms with Gasteiger partial charge in [0.25, 0.3) is 0 Å². The fourth-order valence-electron chi connectivity index (χ4n) is 0.915. The number of aliphatic hydroxyl groups is 2. The Hall–Kier alpha value is -0.920. The lowest BCUT2D eigenvalue weighted by Crippen LogP contribution is -2.70. The molecule has 0 atom stereocenters. The predicted molar refractivity (Wildman–Crippen MR) is 39.0 cm³/mol. The number of alkyl halides is 12. The third-order valence-electron chi connectivity index (χ3n) is 2.22. The lowest BCUT2D eigenvalue weighted by molar-refractivity contribution is -0.429. The first-order chi connectivity index (χ1) is 8.89. The molecule has 14 heteroatoms. The topological polar surface area (TPSA) is 40.5 Å². The molecule has 0 aliphatic rings. The molecule has 128 valence electrons. The Bertz CT molecular complexity index is 342. The molecule has 0 radical (unpaired) electrons. The summed E-state index contributed by atoms with van der Waals surface area (Å²) in [5.74, 6) is -36.7. The third-order valence-corrected chi connectivity index (χ3v) is 2.22. The van der Waals surface area contributed by atoms with Crippen LogP contribution in [0.1, 0.15) is 0 Å². The highest BCUT2D eigenvalue weighted by Gasteiger charge is 2.88. The Morgan fingerprint density at radius 3 is 1.05 bits per heavy atom. The normalized spacial score (nSPS) is 16.0. The summed E-state index contributed by atoms with van der Waals surface area (Å²) >= 11 is 0. The predicted octanol–water partition coefficient (Wildman–Crippen LogP) is 2.74. The lowest BCUT2D eigenvalue weighted by atomic mass is 9.94. The number of hydrogen-bond acceptors (Lipinski definition) is 2. The maximum absolute atomic E-state index is 12.7. The van der Waals surface area contributed by atoms with Crippen LogP contribution in [0.25, 0.3) is 0 Å². The Balaban J connectivity index is 6.09. The van der Waals surface area contributed by atoms with Crippen molar-refractivity contribution in [2.75, 3.05) is 0 Å². The van der Waals surface area contributed by atoms with E-state index in [4.69, 9.17) is 10.2 Å². The van der Waals surface area contributed by atoms with Gasteiger partial charge in [-0.25, -0.2) is 8.78 Å². The van der Waals surface area contributed by atoms with Gasteiger partial charge in [0.15, 0.2) is 0 Å². The van der Waals surface area contributed by atoms with Gasteiger partial charge in [-0.2, -0.15) is 43.9 Å². The van der Waals surface area contributed by atoms with E-state index in [9.17, 15) is 52.7 Å². The van der Waals surface area contributed by atoms with Gasteiger partial charge in [0.05, 0.1) is 0 Å². The summed E-state index contributed by atoms with van der Waals surface area (Å²) in [4.78, 5) is 0. The Kier molecular flexibility index (Phi) is 4.85. The smallest absolute Gasteiger partial charge is 0.363 e. The Morgan fingerprint density at radius 2 is 0.810 bits per heavy atom. The van der Waals surface area contributed by atoms with E-state index in [-0.39, 0.29) is 0 Å². The van der Waals surface area contributed by atoms with Gasteiger partial charge in [-0.3, -0.25) is 0 Å². The fraction of sp³-hybridized carbons (Fsp3) is 1.00. The van der Waals surface area contributed by atoms with E-state index in [0.717, 1.165) is 0 Å². The van der Waals surface area contributed by atoms with E-state index in [1.807, 2.05) is 0 Å². The molecule has 2 nitrogen and oxygen atoms in total. The highest BCUT2D eigenvalue weighted by molar-refractivity contribution is 5.09. The molecule has 0 spiro atoms. The molecule has 0 saturated carbocycles. The van der Waals surface area contributed by atoms with Gasteiger partial charge < -0.3 is 10.2 Å². The van der Waals surface area contributed by atoms with E-state index >= 15 is 0 Å². The van der Waals surface area contributed by atoms with Crippen molar-refractivity contribution in [3.63, 3.8) is 0 Å². The maximum atomic E-state index is 12.7. The second-order valence-electron chi connectivity index (χ2n) is 3.64. The van der Waals surface area contributed by atoms with E-state index in [2.05, 4.69) is 0 Å². The van der Waals surface area contributed by atoms with E-state index in [1.165, 1.54) is 0 Å². The SMILES string of the molecule is OC(O)C(F)(F)C(F)(F)C(F)(F)C(F)(F)C(F)(F)C(F)F. The molecule has 0 amide bonds. The van der Waals surface area contributed by atoms with E-state index in [1.54, 1.807) is 0 Å². The second-order valence-corrected chi connectivity index (χ2v) is 3.64. The van der Waals surface area contributed by atoms with Gasteiger partial charge in [-0.15, -0.1) is 0 Å². The zero-order chi connectivity index (χ0) is 17.7. The molecule has 0 heterocycles. The summed E-state index contributed by atoms with van der Waals surface area (Å²) < 4.78 is 148. The first-order valence-corrected chi connectivity index (χ1v) is 4.42. The number of rotatable bonds is 6. The van der Waals surface area contributed by atoms with Crippen molar-refractivity contribution < 1.29 is 62.9 Å². The average Bonchev–Trinajstić information content (AvgIpc) is 2.27. The van der Waals surface area contributed by atoms with Crippen LogP contribution in [0.3, 0.4) is 0 Å². The van der Waals surface area contributed by atoms with Crippen LogP contribution in [0.4, 0.5) is 52.7 Å². The van der Waals surface area contributed by atoms with Crippen molar-refractivity contribution in [2.45, 2.75) is 42.3 Å². The molecule has 0 bridgehead atoms. The summed E-state index contributed by atoms with van der Waals surface area (Å²) in [5, 5.41) is 15.5. The highest BCUT2D eigenvalue weighted by atomic mass is 19.4. The summed E-state index contributed by atoms with van der Waals surface area (Å²) in [5.41, 5.74) is 0. The molecular formula is C7H4F12O2. The average molecular weight is 348 g/mol. The molecule has 0 aromatic heterocycles. The van der Waals surface area contributed by atoms with Gasteiger partial charge in [-0.05, 0) is 0 Å². The van der Waals surface area contributed by atoms with Gasteiger partial charge >= 0.3 is 36.0 Å². The molecule has 0 rings (SSSR count). The largest absolute Gasteiger partial charge is 0.384 e. The molecule has 0 fully saturated rings. The number of aliphatic hydroxyl groups excluding tert-OH is 1. The minimum Gasteiger partial charge on any atom is -0.363 e. The van der Waals surface area contributed by atoms with Crippen molar-refractivity contribution in [1.29, 1.82) is 0 Å². The monoisotopic (exact) mass is 348 g/mol. The van der Waals surface area contributed by atoms with Gasteiger partial charge in [0, 0.05) is 0 Å². The van der Waals surface area contributed by atoms with Crippen LogP contribution >= 0.6 is 0 Å². The third kappa shape index (κ3) is 2.51. The zero-order valence-corrected chi connectivity index (χ0v) is 9.08. The first kappa shape index (κ1) is 20.1. The number of hydrogen-bond donors (Lipinski definition) is 2. The highest BCUT2D eigenvalue weighted by Crippen LogP contribution is 2.58. The van der Waals surface area contributed by atoms with Gasteiger partial charge in [0.2, 0.25) is 6.29 Å². The zero-order valence-electron chi connectivity index (χ0n) is 9.08. The summed E-state index contributed by atoms with van der Waals surface area (Å²) in [7, 11) is 0. The summed E-state index contributed by atoms with van der Waals surface area (Å²) in [6, 6.07) is 0. The summed E-state index contributed by atoms with van der Waals surface area (Å²) in [6.45, 7) is 0. The number of halogens is 12. The Morgan fingerprint density at radius 1 is 0.524 bits per heavy atom. The molecule has 2 N–H and O–H groups in total. The van der Waals surface area contributed by atoms with Gasteiger partial charge in [0.1, 0.15) is 0 Å². The minimum absolute atomic E-state index is 4.66. The van der Waals surface area contributed by atoms with Crippen molar-refractivity contribution in [2.24, 2.45) is 0 Å². The van der Waals surface area contributed by atoms with Crippen molar-refractivity contribution in [1.82, 2.24) is 0 Å². The molecule has 0 aromatic carbocycles. The molecule has 0 aromatic rings. The van der Waals surface area contributed by atoms with Crippen LogP contribution in [0.15, 0.2) is 0 Å². The maximum Gasteiger partial charge on any atom is 0.384 e. The van der Waals surface area contributed by atoms with Crippen LogP contribution < -0.4 is 0 Å². The van der Waals surface area contributed by atoms with Crippen molar-refractivity contribution in [3.8, 4) is 0 Å². The quantitative estimate of drug-likeness (QED) is 0.573. The minimum atomic E-state index is -7.74. The van der Waals surface area contributed by atoms with Crippen LogP contribution in [-0.2, 0) is 0 Å². The first-order valence-electron chi connectivity index (χ1n) is 4.42. The standard InChI is InChI=1S/C7H4F12O2/c8-1(9)3(10,11)5(14,15)7(18,19)6(16,17)4(12,13)2(20)21/h1-2,20-21H. The van der Waals surface area contributed by atoms with Crippen LogP contribution in [-0.4, -0.2) is 52.5 Å². The van der Waals surface area contributed by atoms with Crippen LogP contribution in [0, 0.1) is 0 Å². The summed E-state index contributed by atoms with van der Waals surface area (Å²) in [6.07, 6.45) is -10.3. The lowest BCUT2D eigenvalue weighted by Gasteiger charge is -2.39. The molecule has 0 unspecified atom stereocenters. The van der Waals surface area contributed by atoms with Gasteiger partial charge in [-0.1, -0.05) is 0 Å². The molecular weight excluding hydrogens is 344 g/mol. The Labute approximate surface area is 107 Å². The van der Waals surface area contributed by atoms with Crippen LogP contribution in [0.2, 0.25) is 0 Å².